The van der Waals surface area contributed by atoms with Gasteiger partial charge in [0.2, 0.25) is 0 Å². The van der Waals surface area contributed by atoms with Crippen molar-refractivity contribution < 1.29 is 0 Å². The maximum absolute atomic E-state index is 6.25. The molecule has 0 fully saturated rings. The van der Waals surface area contributed by atoms with E-state index in [2.05, 4.69) is 15.5 Å². The molecule has 0 bridgehead atoms. The van der Waals surface area contributed by atoms with Gasteiger partial charge in [0.1, 0.15) is 5.69 Å². The van der Waals surface area contributed by atoms with Crippen molar-refractivity contribution in [2.75, 3.05) is 5.32 Å². The minimum absolute atomic E-state index is 0.594. The molecule has 0 radical (unpaired) electrons. The SMILES string of the molecule is Cc1ccc(N=Nc2ccc(Nc3ccc(C)cc3Cl)cc2)c(Cl)c1. The van der Waals surface area contributed by atoms with Crippen LogP contribution in [-0.2, 0) is 0 Å². The van der Waals surface area contributed by atoms with Crippen LogP contribution in [0.4, 0.5) is 22.7 Å². The number of nitrogens with one attached hydrogen (secondary N) is 1. The molecular formula is C20H17Cl2N3. The Morgan fingerprint density at radius 2 is 1.36 bits per heavy atom. The predicted octanol–water partition coefficient (Wildman–Crippen LogP) is 7.77. The van der Waals surface area contributed by atoms with E-state index in [9.17, 15) is 0 Å². The van der Waals surface area contributed by atoms with E-state index < -0.39 is 0 Å². The maximum atomic E-state index is 6.25. The highest BCUT2D eigenvalue weighted by atomic mass is 35.5. The van der Waals surface area contributed by atoms with Crippen molar-refractivity contribution in [1.29, 1.82) is 0 Å². The van der Waals surface area contributed by atoms with Crippen molar-refractivity contribution in [1.82, 2.24) is 0 Å². The molecule has 0 aliphatic carbocycles. The van der Waals surface area contributed by atoms with E-state index >= 15 is 0 Å². The Morgan fingerprint density at radius 1 is 0.720 bits per heavy atom. The zero-order valence-electron chi connectivity index (χ0n) is 13.9. The summed E-state index contributed by atoms with van der Waals surface area (Å²) in [4.78, 5) is 0. The van der Waals surface area contributed by atoms with Crippen molar-refractivity contribution in [3.05, 3.63) is 81.8 Å². The first kappa shape index (κ1) is 17.5. The Bertz CT molecular complexity index is 919. The second kappa shape index (κ2) is 7.68. The van der Waals surface area contributed by atoms with E-state index in [1.807, 2.05) is 74.5 Å². The van der Waals surface area contributed by atoms with Crippen LogP contribution in [0, 0.1) is 13.8 Å². The summed E-state index contributed by atoms with van der Waals surface area (Å²) in [6.07, 6.45) is 0. The van der Waals surface area contributed by atoms with E-state index in [1.165, 1.54) is 0 Å². The predicted molar refractivity (Wildman–Crippen MR) is 106 cm³/mol. The van der Waals surface area contributed by atoms with E-state index in [1.54, 1.807) is 0 Å². The number of halogens is 2. The van der Waals surface area contributed by atoms with Gasteiger partial charge >= 0.3 is 0 Å². The van der Waals surface area contributed by atoms with Gasteiger partial charge in [-0.1, -0.05) is 35.3 Å². The molecule has 5 heteroatoms. The molecule has 0 aliphatic rings. The third kappa shape index (κ3) is 4.59. The van der Waals surface area contributed by atoms with Gasteiger partial charge in [-0.2, -0.15) is 5.11 Å². The lowest BCUT2D eigenvalue weighted by Crippen LogP contribution is -1.91. The molecule has 3 aromatic rings. The molecule has 0 aromatic heterocycles. The average Bonchev–Trinajstić information content (AvgIpc) is 2.58. The zero-order chi connectivity index (χ0) is 17.8. The Labute approximate surface area is 157 Å². The van der Waals surface area contributed by atoms with Crippen LogP contribution in [0.25, 0.3) is 0 Å². The molecule has 0 aliphatic heterocycles. The summed E-state index contributed by atoms with van der Waals surface area (Å²) in [7, 11) is 0. The van der Waals surface area contributed by atoms with Crippen LogP contribution in [0.2, 0.25) is 10.0 Å². The summed E-state index contributed by atoms with van der Waals surface area (Å²) >= 11 is 12.4. The first-order valence-electron chi connectivity index (χ1n) is 7.82. The smallest absolute Gasteiger partial charge is 0.104 e. The van der Waals surface area contributed by atoms with Gasteiger partial charge in [-0.15, -0.1) is 5.11 Å². The second-order valence-electron chi connectivity index (χ2n) is 5.81. The number of hydrogen-bond acceptors (Lipinski definition) is 3. The average molecular weight is 370 g/mol. The highest BCUT2D eigenvalue weighted by Crippen LogP contribution is 2.29. The molecule has 0 spiro atoms. The fraction of sp³-hybridized carbons (Fsp3) is 0.100. The number of rotatable bonds is 4. The minimum atomic E-state index is 0.594. The zero-order valence-corrected chi connectivity index (χ0v) is 15.4. The Kier molecular flexibility index (Phi) is 5.37. The molecule has 0 heterocycles. The summed E-state index contributed by atoms with van der Waals surface area (Å²) in [5.74, 6) is 0. The summed E-state index contributed by atoms with van der Waals surface area (Å²) in [6.45, 7) is 3.99. The van der Waals surface area contributed by atoms with Gasteiger partial charge in [-0.05, 0) is 73.5 Å². The fourth-order valence-corrected chi connectivity index (χ4v) is 2.85. The van der Waals surface area contributed by atoms with Crippen LogP contribution in [0.3, 0.4) is 0 Å². The van der Waals surface area contributed by atoms with Crippen LogP contribution < -0.4 is 5.32 Å². The lowest BCUT2D eigenvalue weighted by Gasteiger charge is -2.09. The number of hydrogen-bond donors (Lipinski definition) is 1. The highest BCUT2D eigenvalue weighted by Gasteiger charge is 2.02. The first-order chi connectivity index (χ1) is 12.0. The Hall–Kier alpha value is -2.36. The fourth-order valence-electron chi connectivity index (χ4n) is 2.29. The molecule has 3 rings (SSSR count). The first-order valence-corrected chi connectivity index (χ1v) is 8.58. The van der Waals surface area contributed by atoms with Gasteiger partial charge in [0.25, 0.3) is 0 Å². The summed E-state index contributed by atoms with van der Waals surface area (Å²) in [5, 5.41) is 13.0. The third-order valence-corrected chi connectivity index (χ3v) is 4.26. The quantitative estimate of drug-likeness (QED) is 0.468. The molecule has 0 unspecified atom stereocenters. The Balaban J connectivity index is 1.72. The third-order valence-electron chi connectivity index (χ3n) is 3.65. The summed E-state index contributed by atoms with van der Waals surface area (Å²) in [6, 6.07) is 19.2. The number of benzene rings is 3. The number of aryl methyl sites for hydroxylation is 2. The van der Waals surface area contributed by atoms with Gasteiger partial charge in [0.15, 0.2) is 0 Å². The summed E-state index contributed by atoms with van der Waals surface area (Å²) in [5.41, 5.74) is 5.42. The van der Waals surface area contributed by atoms with Crippen molar-refractivity contribution in [3.63, 3.8) is 0 Å². The molecule has 0 saturated carbocycles. The Morgan fingerprint density at radius 3 is 2.00 bits per heavy atom. The lowest BCUT2D eigenvalue weighted by atomic mass is 10.2. The molecule has 0 amide bonds. The topological polar surface area (TPSA) is 36.8 Å². The lowest BCUT2D eigenvalue weighted by molar-refractivity contribution is 1.23. The number of nitrogens with zero attached hydrogens (tertiary/aromatic N) is 2. The van der Waals surface area contributed by atoms with Gasteiger partial charge in [-0.25, -0.2) is 0 Å². The van der Waals surface area contributed by atoms with Crippen LogP contribution in [-0.4, -0.2) is 0 Å². The highest BCUT2D eigenvalue weighted by molar-refractivity contribution is 6.33. The van der Waals surface area contributed by atoms with Crippen LogP contribution in [0.15, 0.2) is 70.9 Å². The molecule has 3 nitrogen and oxygen atoms in total. The minimum Gasteiger partial charge on any atom is -0.354 e. The number of anilines is 2. The van der Waals surface area contributed by atoms with Gasteiger partial charge in [0.05, 0.1) is 21.4 Å². The van der Waals surface area contributed by atoms with Gasteiger partial charge in [0, 0.05) is 5.69 Å². The molecule has 1 N–H and O–H groups in total. The molecule has 3 aromatic carbocycles. The molecule has 0 saturated heterocycles. The molecule has 25 heavy (non-hydrogen) atoms. The van der Waals surface area contributed by atoms with Crippen molar-refractivity contribution >= 4 is 46.0 Å². The molecule has 126 valence electrons. The van der Waals surface area contributed by atoms with E-state index in [4.69, 9.17) is 23.2 Å². The molecule has 0 atom stereocenters. The van der Waals surface area contributed by atoms with Crippen LogP contribution in [0.1, 0.15) is 11.1 Å². The van der Waals surface area contributed by atoms with Crippen molar-refractivity contribution in [2.24, 2.45) is 10.2 Å². The van der Waals surface area contributed by atoms with Crippen LogP contribution >= 0.6 is 23.2 Å². The van der Waals surface area contributed by atoms with Crippen LogP contribution in [0.5, 0.6) is 0 Å². The van der Waals surface area contributed by atoms with Crippen molar-refractivity contribution in [3.8, 4) is 0 Å². The van der Waals surface area contributed by atoms with E-state index in [0.717, 1.165) is 28.2 Å². The van der Waals surface area contributed by atoms with Crippen molar-refractivity contribution in [2.45, 2.75) is 13.8 Å². The summed E-state index contributed by atoms with van der Waals surface area (Å²) < 4.78 is 0. The monoisotopic (exact) mass is 369 g/mol. The maximum Gasteiger partial charge on any atom is 0.104 e. The normalized spacial score (nSPS) is 11.0. The standard InChI is InChI=1S/C20H17Cl2N3/c1-13-3-9-19(17(21)11-13)23-15-5-7-16(8-6-15)24-25-20-10-4-14(2)12-18(20)22/h3-12,23H,1-2H3. The van der Waals surface area contributed by atoms with E-state index in [0.29, 0.717) is 15.7 Å². The van der Waals surface area contributed by atoms with E-state index in [-0.39, 0.29) is 0 Å². The van der Waals surface area contributed by atoms with Gasteiger partial charge < -0.3 is 5.32 Å². The van der Waals surface area contributed by atoms with Gasteiger partial charge in [-0.3, -0.25) is 0 Å². The second-order valence-corrected chi connectivity index (χ2v) is 6.62. The largest absolute Gasteiger partial charge is 0.354 e. The molecular weight excluding hydrogens is 353 g/mol. The number of azo groups is 1.